The van der Waals surface area contributed by atoms with Crippen LogP contribution in [0.1, 0.15) is 53.7 Å². The fourth-order valence-electron chi connectivity index (χ4n) is 3.97. The highest BCUT2D eigenvalue weighted by atomic mass is 31.2. The number of rotatable bonds is 14. The second-order valence-electron chi connectivity index (χ2n) is 8.73. The highest BCUT2D eigenvalue weighted by Gasteiger charge is 2.52. The second kappa shape index (κ2) is 14.5. The average Bonchev–Trinajstić information content (AvgIpc) is 3.16. The molecule has 2 heterocycles. The van der Waals surface area contributed by atoms with Gasteiger partial charge in [-0.2, -0.15) is 5.26 Å². The van der Waals surface area contributed by atoms with Crippen LogP contribution in [0.2, 0.25) is 0 Å². The normalized spacial score (nSPS) is 22.4. The maximum absolute atomic E-state index is 13.2. The van der Waals surface area contributed by atoms with E-state index < -0.39 is 62.5 Å². The van der Waals surface area contributed by atoms with Crippen LogP contribution < -0.4 is 11.2 Å². The van der Waals surface area contributed by atoms with Crippen molar-refractivity contribution in [3.8, 4) is 6.07 Å². The van der Waals surface area contributed by atoms with E-state index in [0.717, 1.165) is 10.6 Å². The summed E-state index contributed by atoms with van der Waals surface area (Å²) < 4.78 is 31.9. The number of H-pyrrole nitrogens is 1. The number of hydrogen-bond acceptors (Lipinski definition) is 11. The summed E-state index contributed by atoms with van der Waals surface area (Å²) in [6, 6.07) is 3.11. The molecule has 37 heavy (non-hydrogen) atoms. The molecular weight excluding hydrogens is 507 g/mol. The van der Waals surface area contributed by atoms with Crippen molar-refractivity contribution in [3.63, 3.8) is 0 Å². The topological polar surface area (TPSA) is 162 Å². The quantitative estimate of drug-likeness (QED) is 0.157. The Kier molecular flexibility index (Phi) is 12.0. The highest BCUT2D eigenvalue weighted by molar-refractivity contribution is 7.44. The molecule has 2 rings (SSSR count). The van der Waals surface area contributed by atoms with Crippen LogP contribution in [0.4, 0.5) is 0 Å². The van der Waals surface area contributed by atoms with Crippen molar-refractivity contribution in [1.82, 2.24) is 14.2 Å². The molecule has 13 nitrogen and oxygen atoms in total. The van der Waals surface area contributed by atoms with Crippen LogP contribution in [-0.2, 0) is 32.8 Å². The van der Waals surface area contributed by atoms with Crippen LogP contribution in [0.15, 0.2) is 21.9 Å². The zero-order valence-corrected chi connectivity index (χ0v) is 22.8. The van der Waals surface area contributed by atoms with Crippen molar-refractivity contribution >= 4 is 20.3 Å². The van der Waals surface area contributed by atoms with Gasteiger partial charge in [-0.1, -0.05) is 0 Å². The number of carbonyl (C=O) groups is 2. The predicted octanol–water partition coefficient (Wildman–Crippen LogP) is 1.63. The Bertz CT molecular complexity index is 1060. The van der Waals surface area contributed by atoms with E-state index in [-0.39, 0.29) is 31.7 Å². The van der Waals surface area contributed by atoms with E-state index in [1.54, 1.807) is 6.92 Å². The Balaban J connectivity index is 2.50. The molecule has 0 bridgehead atoms. The molecule has 0 spiro atoms. The standard InChI is InChI=1S/C23H35N4O9P/c1-7-33-18(30)13-16(28)19-20(36-37(34-12-8-10-24)27(14(2)3)15(4)5)21(32-6)22(35-19)26-11-9-17(29)25-23(26)31/h9,11,14-15,19-22H,7-8,12-13H2,1-6H3,(H,25,29,31). The van der Waals surface area contributed by atoms with Crippen LogP contribution in [0, 0.1) is 11.3 Å². The highest BCUT2D eigenvalue weighted by Crippen LogP contribution is 2.50. The molecule has 1 aliphatic heterocycles. The third-order valence-corrected chi connectivity index (χ3v) is 7.53. The SMILES string of the molecule is CCOC(=O)CC(=O)C1OC(n2ccc(=O)[nH]c2=O)C(OC)C1OP(OCCC#N)N(C(C)C)C(C)C. The third-order valence-electron chi connectivity index (χ3n) is 5.40. The van der Waals surface area contributed by atoms with Crippen molar-refractivity contribution in [2.24, 2.45) is 0 Å². The van der Waals surface area contributed by atoms with Gasteiger partial charge in [0.15, 0.2) is 12.0 Å². The molecule has 0 amide bonds. The number of hydrogen-bond donors (Lipinski definition) is 1. The van der Waals surface area contributed by atoms with Gasteiger partial charge in [0, 0.05) is 31.5 Å². The fourth-order valence-corrected chi connectivity index (χ4v) is 5.71. The van der Waals surface area contributed by atoms with E-state index in [4.69, 9.17) is 28.5 Å². The van der Waals surface area contributed by atoms with Crippen LogP contribution in [-0.4, -0.2) is 76.7 Å². The van der Waals surface area contributed by atoms with Gasteiger partial charge in [-0.25, -0.2) is 9.46 Å². The molecular formula is C23H35N4O9P. The van der Waals surface area contributed by atoms with Crippen LogP contribution in [0.3, 0.4) is 0 Å². The van der Waals surface area contributed by atoms with Crippen LogP contribution in [0.5, 0.6) is 0 Å². The average molecular weight is 543 g/mol. The number of esters is 1. The van der Waals surface area contributed by atoms with E-state index >= 15 is 0 Å². The third kappa shape index (κ3) is 8.01. The first-order chi connectivity index (χ1) is 17.5. The maximum atomic E-state index is 13.2. The number of nitrogens with one attached hydrogen (secondary N) is 1. The van der Waals surface area contributed by atoms with Crippen LogP contribution >= 0.6 is 8.53 Å². The molecule has 1 N–H and O–H groups in total. The van der Waals surface area contributed by atoms with Gasteiger partial charge in [-0.05, 0) is 34.6 Å². The van der Waals surface area contributed by atoms with Crippen molar-refractivity contribution in [2.45, 2.75) is 84.1 Å². The molecule has 1 saturated heterocycles. The first-order valence-corrected chi connectivity index (χ1v) is 13.1. The number of Topliss-reactive ketones (excluding diaryl/α,β-unsaturated/α-hetero) is 1. The summed E-state index contributed by atoms with van der Waals surface area (Å²) >= 11 is 0. The number of aromatic nitrogens is 2. The Labute approximate surface area is 216 Å². The van der Waals surface area contributed by atoms with Crippen molar-refractivity contribution in [3.05, 3.63) is 33.1 Å². The Morgan fingerprint density at radius 2 is 1.92 bits per heavy atom. The Hall–Kier alpha value is -2.46. The van der Waals surface area contributed by atoms with Crippen LogP contribution in [0.25, 0.3) is 0 Å². The van der Waals surface area contributed by atoms with Gasteiger partial charge in [-0.3, -0.25) is 23.9 Å². The van der Waals surface area contributed by atoms with Crippen molar-refractivity contribution in [2.75, 3.05) is 20.3 Å². The first-order valence-electron chi connectivity index (χ1n) is 12.0. The van der Waals surface area contributed by atoms with E-state index in [9.17, 15) is 19.2 Å². The lowest BCUT2D eigenvalue weighted by molar-refractivity contribution is -0.149. The molecule has 0 saturated carbocycles. The molecule has 5 atom stereocenters. The summed E-state index contributed by atoms with van der Waals surface area (Å²) in [5.74, 6) is -1.36. The zero-order valence-electron chi connectivity index (χ0n) is 21.9. The molecule has 0 radical (unpaired) electrons. The first kappa shape index (κ1) is 30.8. The monoisotopic (exact) mass is 542 g/mol. The Morgan fingerprint density at radius 1 is 1.24 bits per heavy atom. The second-order valence-corrected chi connectivity index (χ2v) is 10.1. The molecule has 1 aromatic rings. The number of ether oxygens (including phenoxy) is 3. The largest absolute Gasteiger partial charge is 0.466 e. The number of nitrogens with zero attached hydrogens (tertiary/aromatic N) is 3. The van der Waals surface area contributed by atoms with Gasteiger partial charge in [-0.15, -0.1) is 0 Å². The minimum atomic E-state index is -1.83. The lowest BCUT2D eigenvalue weighted by Crippen LogP contribution is -2.43. The summed E-state index contributed by atoms with van der Waals surface area (Å²) in [5, 5.41) is 8.99. The molecule has 1 aromatic heterocycles. The minimum Gasteiger partial charge on any atom is -0.466 e. The maximum Gasteiger partial charge on any atom is 0.330 e. The molecule has 0 aromatic carbocycles. The fraction of sp³-hybridized carbons (Fsp3) is 0.696. The smallest absolute Gasteiger partial charge is 0.330 e. The van der Waals surface area contributed by atoms with E-state index in [1.165, 1.54) is 13.3 Å². The number of nitriles is 1. The van der Waals surface area contributed by atoms with Gasteiger partial charge in [0.1, 0.15) is 24.7 Å². The van der Waals surface area contributed by atoms with Crippen molar-refractivity contribution in [1.29, 1.82) is 5.26 Å². The molecule has 0 aliphatic carbocycles. The van der Waals surface area contributed by atoms with E-state index in [0.29, 0.717) is 0 Å². The van der Waals surface area contributed by atoms with E-state index in [2.05, 4.69) is 4.98 Å². The lowest BCUT2D eigenvalue weighted by Gasteiger charge is -2.38. The summed E-state index contributed by atoms with van der Waals surface area (Å²) in [6.07, 6.45) is -3.78. The molecule has 1 fully saturated rings. The van der Waals surface area contributed by atoms with Crippen molar-refractivity contribution < 1.29 is 32.8 Å². The number of ketones is 1. The van der Waals surface area contributed by atoms with Gasteiger partial charge in [0.2, 0.25) is 0 Å². The summed E-state index contributed by atoms with van der Waals surface area (Å²) in [5.41, 5.74) is -1.37. The number of methoxy groups -OCH3 is 1. The summed E-state index contributed by atoms with van der Waals surface area (Å²) in [6.45, 7) is 9.64. The van der Waals surface area contributed by atoms with Gasteiger partial charge in [0.05, 0.1) is 25.7 Å². The summed E-state index contributed by atoms with van der Waals surface area (Å²) in [7, 11) is -0.460. The van der Waals surface area contributed by atoms with Gasteiger partial charge >= 0.3 is 11.7 Å². The molecule has 14 heteroatoms. The molecule has 206 valence electrons. The molecule has 5 unspecified atom stereocenters. The predicted molar refractivity (Wildman–Crippen MR) is 132 cm³/mol. The lowest BCUT2D eigenvalue weighted by atomic mass is 10.0. The van der Waals surface area contributed by atoms with Gasteiger partial charge in [0.25, 0.3) is 14.1 Å². The molecule has 1 aliphatic rings. The summed E-state index contributed by atoms with van der Waals surface area (Å²) in [4.78, 5) is 51.5. The Morgan fingerprint density at radius 3 is 2.46 bits per heavy atom. The van der Waals surface area contributed by atoms with E-state index in [1.807, 2.05) is 38.4 Å². The van der Waals surface area contributed by atoms with Gasteiger partial charge < -0.3 is 23.3 Å². The number of aromatic amines is 1. The number of carbonyl (C=O) groups excluding carboxylic acids is 2. The zero-order chi connectivity index (χ0) is 27.7. The minimum absolute atomic E-state index is 0.0252.